The van der Waals surface area contributed by atoms with Crippen LogP contribution in [-0.4, -0.2) is 35.0 Å². The molecule has 1 amide bonds. The quantitative estimate of drug-likeness (QED) is 0.367. The Hall–Kier alpha value is -3.49. The van der Waals surface area contributed by atoms with Crippen molar-refractivity contribution >= 4 is 23.3 Å². The van der Waals surface area contributed by atoms with Crippen molar-refractivity contribution in [2.75, 3.05) is 7.11 Å². The van der Waals surface area contributed by atoms with E-state index in [1.807, 2.05) is 0 Å². The maximum Gasteiger partial charge on any atom is 0.248 e. The third-order valence-corrected chi connectivity index (χ3v) is 6.31. The van der Waals surface area contributed by atoms with Crippen molar-refractivity contribution in [3.63, 3.8) is 0 Å². The number of aromatic nitrogens is 1. The molecule has 1 aliphatic carbocycles. The first-order chi connectivity index (χ1) is 17.1. The summed E-state index contributed by atoms with van der Waals surface area (Å²) in [6.07, 6.45) is 2.21. The van der Waals surface area contributed by atoms with E-state index < -0.39 is 17.3 Å². The Bertz CT molecular complexity index is 1320. The van der Waals surface area contributed by atoms with Crippen molar-refractivity contribution in [3.8, 4) is 22.8 Å². The second-order valence-electron chi connectivity index (χ2n) is 9.00. The topological polar surface area (TPSA) is 112 Å². The van der Waals surface area contributed by atoms with Crippen molar-refractivity contribution in [2.45, 2.75) is 44.3 Å². The SMILES string of the molecule is COc1cc(C(=O)CCC(C)(O)c2cc(C(N)=O)cc(-c3ccc(F)c(Cl)c3)n2)ccc1OC1CC1. The summed E-state index contributed by atoms with van der Waals surface area (Å²) in [6.45, 7) is 1.50. The number of benzene rings is 2. The van der Waals surface area contributed by atoms with E-state index in [0.717, 1.165) is 12.8 Å². The Morgan fingerprint density at radius 1 is 1.14 bits per heavy atom. The Morgan fingerprint density at radius 2 is 1.89 bits per heavy atom. The lowest BCUT2D eigenvalue weighted by atomic mass is 9.91. The number of nitrogens with zero attached hydrogens (tertiary/aromatic N) is 1. The Labute approximate surface area is 213 Å². The lowest BCUT2D eigenvalue weighted by Crippen LogP contribution is -2.25. The molecule has 0 bridgehead atoms. The van der Waals surface area contributed by atoms with E-state index in [4.69, 9.17) is 26.8 Å². The summed E-state index contributed by atoms with van der Waals surface area (Å²) >= 11 is 5.90. The molecule has 0 spiro atoms. The lowest BCUT2D eigenvalue weighted by molar-refractivity contribution is 0.0397. The predicted molar refractivity (Wildman–Crippen MR) is 133 cm³/mol. The molecule has 4 rings (SSSR count). The van der Waals surface area contributed by atoms with Gasteiger partial charge in [-0.2, -0.15) is 0 Å². The third kappa shape index (κ3) is 5.83. The number of amides is 1. The summed E-state index contributed by atoms with van der Waals surface area (Å²) < 4.78 is 24.8. The fourth-order valence-corrected chi connectivity index (χ4v) is 3.87. The van der Waals surface area contributed by atoms with Crippen LogP contribution < -0.4 is 15.2 Å². The molecule has 1 aliphatic rings. The monoisotopic (exact) mass is 512 g/mol. The van der Waals surface area contributed by atoms with Crippen LogP contribution in [0.15, 0.2) is 48.5 Å². The van der Waals surface area contributed by atoms with Crippen LogP contribution in [-0.2, 0) is 5.60 Å². The highest BCUT2D eigenvalue weighted by Crippen LogP contribution is 2.35. The molecule has 36 heavy (non-hydrogen) atoms. The van der Waals surface area contributed by atoms with Gasteiger partial charge in [-0.05, 0) is 74.7 Å². The molecule has 1 saturated carbocycles. The van der Waals surface area contributed by atoms with E-state index in [2.05, 4.69) is 4.98 Å². The molecule has 1 atom stereocenters. The van der Waals surface area contributed by atoms with Crippen molar-refractivity contribution < 1.29 is 28.6 Å². The molecule has 1 fully saturated rings. The van der Waals surface area contributed by atoms with Gasteiger partial charge in [0.1, 0.15) is 11.4 Å². The molecule has 188 valence electrons. The maximum atomic E-state index is 13.6. The van der Waals surface area contributed by atoms with Gasteiger partial charge in [-0.3, -0.25) is 9.59 Å². The molecule has 1 heterocycles. The number of nitrogens with two attached hydrogens (primary N) is 1. The minimum absolute atomic E-state index is 0.000822. The molecule has 3 N–H and O–H groups in total. The van der Waals surface area contributed by atoms with Gasteiger partial charge in [0.05, 0.1) is 29.6 Å². The molecule has 0 saturated heterocycles. The molecular weight excluding hydrogens is 487 g/mol. The Kier molecular flexibility index (Phi) is 7.28. The smallest absolute Gasteiger partial charge is 0.248 e. The van der Waals surface area contributed by atoms with Gasteiger partial charge < -0.3 is 20.3 Å². The van der Waals surface area contributed by atoms with Gasteiger partial charge >= 0.3 is 0 Å². The predicted octanol–water partition coefficient (Wildman–Crippen LogP) is 5.06. The number of carbonyl (C=O) groups is 2. The van der Waals surface area contributed by atoms with Crippen molar-refractivity contribution in [1.82, 2.24) is 4.98 Å². The van der Waals surface area contributed by atoms with Crippen molar-refractivity contribution in [2.24, 2.45) is 5.73 Å². The molecule has 1 aromatic heterocycles. The van der Waals surface area contributed by atoms with Crippen LogP contribution in [0.2, 0.25) is 5.02 Å². The van der Waals surface area contributed by atoms with E-state index in [1.54, 1.807) is 18.2 Å². The zero-order valence-electron chi connectivity index (χ0n) is 19.9. The first-order valence-corrected chi connectivity index (χ1v) is 11.8. The summed E-state index contributed by atoms with van der Waals surface area (Å²) in [4.78, 5) is 29.3. The number of methoxy groups -OCH3 is 1. The van der Waals surface area contributed by atoms with Crippen molar-refractivity contribution in [3.05, 3.63) is 76.2 Å². The second-order valence-corrected chi connectivity index (χ2v) is 9.41. The van der Waals surface area contributed by atoms with Crippen LogP contribution in [0.3, 0.4) is 0 Å². The molecule has 3 aromatic rings. The van der Waals surface area contributed by atoms with E-state index in [1.165, 1.54) is 44.4 Å². The first kappa shape index (κ1) is 25.6. The average molecular weight is 513 g/mol. The molecule has 0 aliphatic heterocycles. The van der Waals surface area contributed by atoms with E-state index in [0.29, 0.717) is 22.6 Å². The van der Waals surface area contributed by atoms with Crippen LogP contribution >= 0.6 is 11.6 Å². The van der Waals surface area contributed by atoms with Crippen molar-refractivity contribution in [1.29, 1.82) is 0 Å². The van der Waals surface area contributed by atoms with Crippen LogP contribution in [0.1, 0.15) is 59.0 Å². The van der Waals surface area contributed by atoms with Crippen LogP contribution in [0.5, 0.6) is 11.5 Å². The number of primary amides is 1. The molecule has 1 unspecified atom stereocenters. The normalized spacial score (nSPS) is 14.7. The lowest BCUT2D eigenvalue weighted by Gasteiger charge is -2.24. The summed E-state index contributed by atoms with van der Waals surface area (Å²) in [5.41, 5.74) is 5.32. The van der Waals surface area contributed by atoms with Crippen LogP contribution in [0.25, 0.3) is 11.3 Å². The number of Topliss-reactive ketones (excluding diaryl/α,β-unsaturated/α-hetero) is 1. The minimum atomic E-state index is -1.57. The average Bonchev–Trinajstić information content (AvgIpc) is 3.68. The first-order valence-electron chi connectivity index (χ1n) is 11.5. The van der Waals surface area contributed by atoms with E-state index in [-0.39, 0.29) is 46.7 Å². The summed E-state index contributed by atoms with van der Waals surface area (Å²) in [5.74, 6) is -0.466. The van der Waals surface area contributed by atoms with Gasteiger partial charge in [0.25, 0.3) is 0 Å². The fourth-order valence-electron chi connectivity index (χ4n) is 3.69. The Morgan fingerprint density at radius 3 is 2.53 bits per heavy atom. The van der Waals surface area contributed by atoms with Gasteiger partial charge in [0, 0.05) is 23.1 Å². The highest BCUT2D eigenvalue weighted by molar-refractivity contribution is 6.31. The summed E-state index contributed by atoms with van der Waals surface area (Å²) in [5, 5.41) is 11.1. The van der Waals surface area contributed by atoms with E-state index in [9.17, 15) is 19.1 Å². The third-order valence-electron chi connectivity index (χ3n) is 6.02. The van der Waals surface area contributed by atoms with Gasteiger partial charge in [-0.15, -0.1) is 0 Å². The van der Waals surface area contributed by atoms with Gasteiger partial charge in [-0.1, -0.05) is 11.6 Å². The van der Waals surface area contributed by atoms with Gasteiger partial charge in [-0.25, -0.2) is 9.37 Å². The number of pyridine rings is 1. The minimum Gasteiger partial charge on any atom is -0.493 e. The molecular formula is C27H26ClFN2O5. The molecule has 7 nitrogen and oxygen atoms in total. The standard InChI is InChI=1S/C27H26ClFN2O5/c1-27(34,10-9-22(32)16-4-8-23(24(13-16)35-2)36-18-5-6-18)25-14-17(26(30)33)12-21(31-25)15-3-7-20(29)19(28)11-15/h3-4,7-8,11-14,18,34H,5-6,9-10H2,1-2H3,(H2,30,33). The molecule has 2 aromatic carbocycles. The number of aliphatic hydroxyl groups is 1. The number of carbonyl (C=O) groups excluding carboxylic acids is 2. The van der Waals surface area contributed by atoms with Gasteiger partial charge in [0.2, 0.25) is 5.91 Å². The molecule has 9 heteroatoms. The number of halogens is 2. The number of rotatable bonds is 10. The van der Waals surface area contributed by atoms with Crippen LogP contribution in [0.4, 0.5) is 4.39 Å². The second kappa shape index (κ2) is 10.2. The number of ketones is 1. The highest BCUT2D eigenvalue weighted by atomic mass is 35.5. The largest absolute Gasteiger partial charge is 0.493 e. The fraction of sp³-hybridized carbons (Fsp3) is 0.296. The zero-order chi connectivity index (χ0) is 26.0. The molecule has 0 radical (unpaired) electrons. The summed E-state index contributed by atoms with van der Waals surface area (Å²) in [6, 6.07) is 11.8. The number of hydrogen-bond acceptors (Lipinski definition) is 6. The Balaban J connectivity index is 1.55. The van der Waals surface area contributed by atoms with Gasteiger partial charge in [0.15, 0.2) is 17.3 Å². The zero-order valence-corrected chi connectivity index (χ0v) is 20.6. The number of hydrogen-bond donors (Lipinski definition) is 2. The summed E-state index contributed by atoms with van der Waals surface area (Å²) in [7, 11) is 1.51. The maximum absolute atomic E-state index is 13.6. The highest BCUT2D eigenvalue weighted by Gasteiger charge is 2.29. The number of ether oxygens (including phenoxy) is 2. The van der Waals surface area contributed by atoms with E-state index >= 15 is 0 Å². The van der Waals surface area contributed by atoms with Crippen LogP contribution in [0, 0.1) is 5.82 Å².